The molecule has 0 aromatic carbocycles. The Morgan fingerprint density at radius 3 is 2.72 bits per heavy atom. The molecule has 2 aliphatic rings. The van der Waals surface area contributed by atoms with Crippen LogP contribution in [0.25, 0.3) is 0 Å². The molecule has 2 aliphatic carbocycles. The molecule has 0 unspecified atom stereocenters. The molecule has 0 spiro atoms. The van der Waals surface area contributed by atoms with Gasteiger partial charge in [-0.05, 0) is 31.7 Å². The standard InChI is InChI=1S/C14H24N4/c15-8-10-17(13-5-6-13)11-12-7-9-18(16-12)14-3-1-2-4-14/h7,9,13-14H,1-6,8,10-11,15H2. The topological polar surface area (TPSA) is 47.1 Å². The third kappa shape index (κ3) is 2.75. The maximum absolute atomic E-state index is 5.69. The summed E-state index contributed by atoms with van der Waals surface area (Å²) in [5, 5.41) is 4.76. The molecule has 0 bridgehead atoms. The molecule has 0 atom stereocenters. The van der Waals surface area contributed by atoms with E-state index in [2.05, 4.69) is 21.8 Å². The van der Waals surface area contributed by atoms with Crippen molar-refractivity contribution in [3.8, 4) is 0 Å². The Labute approximate surface area is 109 Å². The third-order valence-corrected chi connectivity index (χ3v) is 4.21. The van der Waals surface area contributed by atoms with Crippen molar-refractivity contribution in [3.05, 3.63) is 18.0 Å². The summed E-state index contributed by atoms with van der Waals surface area (Å²) in [4.78, 5) is 2.49. The van der Waals surface area contributed by atoms with Gasteiger partial charge in [0.05, 0.1) is 11.7 Å². The van der Waals surface area contributed by atoms with E-state index in [-0.39, 0.29) is 0 Å². The second-order valence-corrected chi connectivity index (χ2v) is 5.72. The smallest absolute Gasteiger partial charge is 0.0765 e. The fraction of sp³-hybridized carbons (Fsp3) is 0.786. The molecule has 0 radical (unpaired) electrons. The zero-order chi connectivity index (χ0) is 12.4. The molecule has 4 heteroatoms. The molecule has 1 heterocycles. The molecule has 2 fully saturated rings. The number of nitrogens with zero attached hydrogens (tertiary/aromatic N) is 3. The van der Waals surface area contributed by atoms with Gasteiger partial charge in [0.2, 0.25) is 0 Å². The summed E-state index contributed by atoms with van der Waals surface area (Å²) in [6.45, 7) is 2.72. The van der Waals surface area contributed by atoms with Crippen LogP contribution in [-0.2, 0) is 6.54 Å². The Morgan fingerprint density at radius 1 is 1.28 bits per heavy atom. The van der Waals surface area contributed by atoms with Crippen LogP contribution < -0.4 is 5.73 Å². The molecular formula is C14H24N4. The van der Waals surface area contributed by atoms with E-state index in [4.69, 9.17) is 10.8 Å². The van der Waals surface area contributed by atoms with Gasteiger partial charge >= 0.3 is 0 Å². The van der Waals surface area contributed by atoms with Gasteiger partial charge in [-0.1, -0.05) is 12.8 Å². The van der Waals surface area contributed by atoms with Crippen LogP contribution in [0, 0.1) is 0 Å². The Balaban J connectivity index is 1.61. The highest BCUT2D eigenvalue weighted by molar-refractivity contribution is 5.02. The maximum Gasteiger partial charge on any atom is 0.0765 e. The number of hydrogen-bond acceptors (Lipinski definition) is 3. The third-order valence-electron chi connectivity index (χ3n) is 4.21. The summed E-state index contributed by atoms with van der Waals surface area (Å²) >= 11 is 0. The van der Waals surface area contributed by atoms with Gasteiger partial charge in [0, 0.05) is 31.9 Å². The van der Waals surface area contributed by atoms with E-state index in [1.807, 2.05) is 0 Å². The average molecular weight is 248 g/mol. The second-order valence-electron chi connectivity index (χ2n) is 5.72. The molecule has 2 N–H and O–H groups in total. The summed E-state index contributed by atoms with van der Waals surface area (Å²) < 4.78 is 2.19. The maximum atomic E-state index is 5.69. The van der Waals surface area contributed by atoms with Crippen molar-refractivity contribution < 1.29 is 0 Å². The van der Waals surface area contributed by atoms with Crippen LogP contribution in [0.15, 0.2) is 12.3 Å². The van der Waals surface area contributed by atoms with E-state index in [0.717, 1.165) is 25.7 Å². The van der Waals surface area contributed by atoms with Gasteiger partial charge < -0.3 is 5.73 Å². The van der Waals surface area contributed by atoms with Crippen molar-refractivity contribution in [2.24, 2.45) is 5.73 Å². The van der Waals surface area contributed by atoms with Crippen LogP contribution in [0.1, 0.15) is 50.3 Å². The van der Waals surface area contributed by atoms with Crippen LogP contribution in [0.2, 0.25) is 0 Å². The minimum absolute atomic E-state index is 0.655. The minimum atomic E-state index is 0.655. The Bertz CT molecular complexity index is 377. The molecular weight excluding hydrogens is 224 g/mol. The SMILES string of the molecule is NCCN(Cc1ccn(C2CCCC2)n1)C1CC1. The zero-order valence-electron chi connectivity index (χ0n) is 11.1. The number of hydrogen-bond donors (Lipinski definition) is 1. The summed E-state index contributed by atoms with van der Waals surface area (Å²) in [6, 6.07) is 3.61. The molecule has 1 aromatic heterocycles. The average Bonchev–Trinajstić information content (AvgIpc) is 2.90. The molecule has 0 aliphatic heterocycles. The van der Waals surface area contributed by atoms with E-state index >= 15 is 0 Å². The van der Waals surface area contributed by atoms with E-state index in [1.165, 1.54) is 44.2 Å². The summed E-state index contributed by atoms with van der Waals surface area (Å²) in [5.41, 5.74) is 6.90. The van der Waals surface area contributed by atoms with E-state index in [1.54, 1.807) is 0 Å². The van der Waals surface area contributed by atoms with Crippen molar-refractivity contribution >= 4 is 0 Å². The van der Waals surface area contributed by atoms with E-state index in [9.17, 15) is 0 Å². The lowest BCUT2D eigenvalue weighted by atomic mass is 10.3. The van der Waals surface area contributed by atoms with Gasteiger partial charge in [-0.25, -0.2) is 0 Å². The van der Waals surface area contributed by atoms with Crippen LogP contribution in [0.5, 0.6) is 0 Å². The van der Waals surface area contributed by atoms with Crippen molar-refractivity contribution in [1.82, 2.24) is 14.7 Å². The Kier molecular flexibility index (Phi) is 3.66. The molecule has 3 rings (SSSR count). The molecule has 4 nitrogen and oxygen atoms in total. The van der Waals surface area contributed by atoms with Gasteiger partial charge in [-0.2, -0.15) is 5.10 Å². The molecule has 0 saturated heterocycles. The van der Waals surface area contributed by atoms with Gasteiger partial charge in [-0.15, -0.1) is 0 Å². The lowest BCUT2D eigenvalue weighted by molar-refractivity contribution is 0.257. The number of aromatic nitrogens is 2. The first-order valence-corrected chi connectivity index (χ1v) is 7.35. The van der Waals surface area contributed by atoms with Crippen LogP contribution in [0.3, 0.4) is 0 Å². The van der Waals surface area contributed by atoms with E-state index in [0.29, 0.717) is 6.04 Å². The normalized spacial score (nSPS) is 21.0. The van der Waals surface area contributed by atoms with Crippen molar-refractivity contribution in [3.63, 3.8) is 0 Å². The van der Waals surface area contributed by atoms with Crippen molar-refractivity contribution in [1.29, 1.82) is 0 Å². The zero-order valence-corrected chi connectivity index (χ0v) is 11.1. The fourth-order valence-corrected chi connectivity index (χ4v) is 3.04. The highest BCUT2D eigenvalue weighted by Gasteiger charge is 2.29. The van der Waals surface area contributed by atoms with Gasteiger partial charge in [0.25, 0.3) is 0 Å². The first-order valence-electron chi connectivity index (χ1n) is 7.35. The highest BCUT2D eigenvalue weighted by atomic mass is 15.3. The molecule has 100 valence electrons. The monoisotopic (exact) mass is 248 g/mol. The quantitative estimate of drug-likeness (QED) is 0.836. The van der Waals surface area contributed by atoms with Crippen LogP contribution in [0.4, 0.5) is 0 Å². The highest BCUT2D eigenvalue weighted by Crippen LogP contribution is 2.30. The molecule has 2 saturated carbocycles. The molecule has 0 amide bonds. The Morgan fingerprint density at radius 2 is 2.06 bits per heavy atom. The number of nitrogens with two attached hydrogens (primary N) is 1. The van der Waals surface area contributed by atoms with Crippen LogP contribution >= 0.6 is 0 Å². The predicted molar refractivity (Wildman–Crippen MR) is 72.2 cm³/mol. The minimum Gasteiger partial charge on any atom is -0.329 e. The predicted octanol–water partition coefficient (Wildman–Crippen LogP) is 1.92. The van der Waals surface area contributed by atoms with Crippen molar-refractivity contribution in [2.45, 2.75) is 57.2 Å². The lowest BCUT2D eigenvalue weighted by Crippen LogP contribution is -2.31. The second kappa shape index (κ2) is 5.41. The summed E-state index contributed by atoms with van der Waals surface area (Å²) in [7, 11) is 0. The summed E-state index contributed by atoms with van der Waals surface area (Å²) in [6.07, 6.45) is 10.2. The van der Waals surface area contributed by atoms with Gasteiger partial charge in [0.1, 0.15) is 0 Å². The van der Waals surface area contributed by atoms with E-state index < -0.39 is 0 Å². The Hall–Kier alpha value is -0.870. The van der Waals surface area contributed by atoms with Gasteiger partial charge in [0.15, 0.2) is 0 Å². The van der Waals surface area contributed by atoms with Crippen LogP contribution in [-0.4, -0.2) is 33.8 Å². The summed E-state index contributed by atoms with van der Waals surface area (Å²) in [5.74, 6) is 0. The lowest BCUT2D eigenvalue weighted by Gasteiger charge is -2.19. The number of rotatable bonds is 6. The largest absolute Gasteiger partial charge is 0.329 e. The molecule has 1 aromatic rings. The molecule has 18 heavy (non-hydrogen) atoms. The first-order chi connectivity index (χ1) is 8.86. The fourth-order valence-electron chi connectivity index (χ4n) is 3.04. The van der Waals surface area contributed by atoms with Gasteiger partial charge in [-0.3, -0.25) is 9.58 Å². The van der Waals surface area contributed by atoms with Crippen molar-refractivity contribution in [2.75, 3.05) is 13.1 Å². The first kappa shape index (κ1) is 12.2.